The summed E-state index contributed by atoms with van der Waals surface area (Å²) in [6.07, 6.45) is 5.17. The van der Waals surface area contributed by atoms with Crippen LogP contribution in [-0.4, -0.2) is 24.7 Å². The minimum atomic E-state index is -0.211. The normalized spacial score (nSPS) is 19.4. The molecule has 1 aliphatic rings. The van der Waals surface area contributed by atoms with Crippen LogP contribution in [0.15, 0.2) is 17.1 Å². The van der Waals surface area contributed by atoms with Crippen LogP contribution < -0.4 is 21.9 Å². The Morgan fingerprint density at radius 3 is 2.81 bits per heavy atom. The van der Waals surface area contributed by atoms with Gasteiger partial charge in [-0.1, -0.05) is 33.1 Å². The van der Waals surface area contributed by atoms with Gasteiger partial charge < -0.3 is 16.1 Å². The van der Waals surface area contributed by atoms with E-state index in [1.165, 1.54) is 11.3 Å². The molecule has 0 saturated carbocycles. The van der Waals surface area contributed by atoms with E-state index in [1.807, 2.05) is 12.1 Å². The van der Waals surface area contributed by atoms with Crippen molar-refractivity contribution in [2.24, 2.45) is 10.8 Å². The van der Waals surface area contributed by atoms with Gasteiger partial charge in [0.15, 0.2) is 0 Å². The third-order valence-corrected chi connectivity index (χ3v) is 6.23. The SMILES string of the molecule is C=Nc1ccc2sc3c(c2c1NN)NCC(CCC)(CCCC)NC3=O. The predicted octanol–water partition coefficient (Wildman–Crippen LogP) is 4.40. The van der Waals surface area contributed by atoms with Gasteiger partial charge in [0, 0.05) is 16.6 Å². The summed E-state index contributed by atoms with van der Waals surface area (Å²) in [4.78, 5) is 17.8. The number of nitrogens with one attached hydrogen (secondary N) is 3. The molecule has 0 radical (unpaired) electrons. The van der Waals surface area contributed by atoms with E-state index in [-0.39, 0.29) is 11.4 Å². The molecule has 1 unspecified atom stereocenters. The molecule has 0 aliphatic carbocycles. The fourth-order valence-corrected chi connectivity index (χ4v) is 4.89. The highest BCUT2D eigenvalue weighted by molar-refractivity contribution is 7.21. The Hall–Kier alpha value is -2.12. The lowest BCUT2D eigenvalue weighted by Gasteiger charge is -2.33. The zero-order chi connectivity index (χ0) is 18.7. The van der Waals surface area contributed by atoms with Gasteiger partial charge in [-0.2, -0.15) is 0 Å². The van der Waals surface area contributed by atoms with Crippen LogP contribution in [0.3, 0.4) is 0 Å². The van der Waals surface area contributed by atoms with Crippen molar-refractivity contribution in [3.05, 3.63) is 17.0 Å². The number of hydrogen-bond donors (Lipinski definition) is 4. The van der Waals surface area contributed by atoms with Crippen LogP contribution in [0, 0.1) is 0 Å². The number of rotatable bonds is 7. The Kier molecular flexibility index (Phi) is 5.48. The van der Waals surface area contributed by atoms with Crippen LogP contribution in [0.5, 0.6) is 0 Å². The third kappa shape index (κ3) is 3.17. The molecule has 0 saturated heterocycles. The van der Waals surface area contributed by atoms with Gasteiger partial charge in [0.05, 0.1) is 22.6 Å². The Bertz CT molecular complexity index is 831. The van der Waals surface area contributed by atoms with E-state index in [9.17, 15) is 4.79 Å². The number of unbranched alkanes of at least 4 members (excludes halogenated alkanes) is 1. The number of benzene rings is 1. The summed E-state index contributed by atoms with van der Waals surface area (Å²) >= 11 is 1.48. The smallest absolute Gasteiger partial charge is 0.264 e. The van der Waals surface area contributed by atoms with Gasteiger partial charge in [-0.25, -0.2) is 0 Å². The summed E-state index contributed by atoms with van der Waals surface area (Å²) in [5.74, 6) is 5.76. The number of nitrogens with zero attached hydrogens (tertiary/aromatic N) is 1. The maximum Gasteiger partial charge on any atom is 0.264 e. The monoisotopic (exact) mass is 373 g/mol. The van der Waals surface area contributed by atoms with Crippen molar-refractivity contribution in [3.8, 4) is 0 Å². The molecule has 2 aromatic rings. The van der Waals surface area contributed by atoms with Crippen LogP contribution in [0.1, 0.15) is 55.6 Å². The lowest BCUT2D eigenvalue weighted by Crippen LogP contribution is -2.51. The predicted molar refractivity (Wildman–Crippen MR) is 112 cm³/mol. The number of aliphatic imine (C=N–C) groups is 1. The Labute approximate surface area is 158 Å². The van der Waals surface area contributed by atoms with E-state index < -0.39 is 0 Å². The number of nitrogens with two attached hydrogens (primary N) is 1. The topological polar surface area (TPSA) is 91.5 Å². The minimum Gasteiger partial charge on any atom is -0.381 e. The van der Waals surface area contributed by atoms with Crippen LogP contribution in [-0.2, 0) is 0 Å². The lowest BCUT2D eigenvalue weighted by atomic mass is 9.87. The van der Waals surface area contributed by atoms with E-state index in [2.05, 4.69) is 41.6 Å². The number of thiophene rings is 1. The van der Waals surface area contributed by atoms with Crippen LogP contribution in [0.25, 0.3) is 10.1 Å². The zero-order valence-electron chi connectivity index (χ0n) is 15.4. The van der Waals surface area contributed by atoms with Gasteiger partial charge in [-0.3, -0.25) is 15.6 Å². The molecular weight excluding hydrogens is 346 g/mol. The van der Waals surface area contributed by atoms with Crippen molar-refractivity contribution >= 4 is 51.1 Å². The summed E-state index contributed by atoms with van der Waals surface area (Å²) in [6.45, 7) is 8.67. The fourth-order valence-electron chi connectivity index (χ4n) is 3.81. The molecule has 1 atom stereocenters. The first-order chi connectivity index (χ1) is 12.6. The van der Waals surface area contributed by atoms with Crippen molar-refractivity contribution in [2.75, 3.05) is 17.3 Å². The van der Waals surface area contributed by atoms with Gasteiger partial charge in [-0.05, 0) is 31.7 Å². The number of hydrogen-bond acceptors (Lipinski definition) is 6. The number of carbonyl (C=O) groups excluding carboxylic acids is 1. The van der Waals surface area contributed by atoms with E-state index in [4.69, 9.17) is 5.84 Å². The molecule has 0 spiro atoms. The zero-order valence-corrected chi connectivity index (χ0v) is 16.3. The highest BCUT2D eigenvalue weighted by Gasteiger charge is 2.36. The first kappa shape index (κ1) is 18.7. The number of amides is 1. The largest absolute Gasteiger partial charge is 0.381 e. The number of anilines is 2. The molecule has 26 heavy (non-hydrogen) atoms. The van der Waals surface area contributed by atoms with Crippen molar-refractivity contribution in [3.63, 3.8) is 0 Å². The third-order valence-electron chi connectivity index (χ3n) is 5.07. The molecule has 7 heteroatoms. The highest BCUT2D eigenvalue weighted by Crippen LogP contribution is 2.45. The van der Waals surface area contributed by atoms with Gasteiger partial charge in [0.2, 0.25) is 0 Å². The number of fused-ring (bicyclic) bond motifs is 3. The van der Waals surface area contributed by atoms with Gasteiger partial charge in [0.1, 0.15) is 4.88 Å². The Morgan fingerprint density at radius 2 is 2.15 bits per heavy atom. The van der Waals surface area contributed by atoms with Crippen molar-refractivity contribution < 1.29 is 4.79 Å². The fraction of sp³-hybridized carbons (Fsp3) is 0.474. The standard InChI is InChI=1S/C19H27N5OS/c1-4-6-10-19(9-5-2)11-22-16-14-13(26-17(16)18(25)23-19)8-7-12(21-3)15(14)24-20/h7-8,22,24H,3-6,9-11,20H2,1-2H3,(H,23,25). The second-order valence-corrected chi connectivity index (χ2v) is 7.94. The minimum absolute atomic E-state index is 0.00756. The molecule has 2 heterocycles. The first-order valence-electron chi connectivity index (χ1n) is 9.18. The molecule has 3 rings (SSSR count). The molecule has 5 N–H and O–H groups in total. The second-order valence-electron chi connectivity index (χ2n) is 6.88. The quantitative estimate of drug-likeness (QED) is 0.329. The molecule has 1 aliphatic heterocycles. The average Bonchev–Trinajstić information content (AvgIpc) is 2.96. The average molecular weight is 374 g/mol. The van der Waals surface area contributed by atoms with E-state index in [1.54, 1.807) is 0 Å². The summed E-state index contributed by atoms with van der Waals surface area (Å²) in [7, 11) is 0. The van der Waals surface area contributed by atoms with Crippen LogP contribution >= 0.6 is 11.3 Å². The molecular formula is C19H27N5OS. The lowest BCUT2D eigenvalue weighted by molar-refractivity contribution is 0.0900. The van der Waals surface area contributed by atoms with Gasteiger partial charge >= 0.3 is 0 Å². The molecule has 1 aromatic heterocycles. The Balaban J connectivity index is 2.09. The number of nitrogen functional groups attached to an aromatic ring is 1. The maximum absolute atomic E-state index is 13.1. The molecule has 140 valence electrons. The van der Waals surface area contributed by atoms with Crippen molar-refractivity contribution in [2.45, 2.75) is 51.5 Å². The summed E-state index contributed by atoms with van der Waals surface area (Å²) in [6, 6.07) is 3.83. The summed E-state index contributed by atoms with van der Waals surface area (Å²) in [5, 5.41) is 7.80. The number of carbonyl (C=O) groups is 1. The van der Waals surface area contributed by atoms with Crippen molar-refractivity contribution in [1.82, 2.24) is 5.32 Å². The second kappa shape index (κ2) is 7.63. The van der Waals surface area contributed by atoms with Crippen LogP contribution in [0.2, 0.25) is 0 Å². The van der Waals surface area contributed by atoms with Crippen molar-refractivity contribution in [1.29, 1.82) is 0 Å². The van der Waals surface area contributed by atoms with Gasteiger partial charge in [-0.15, -0.1) is 11.3 Å². The summed E-state index contributed by atoms with van der Waals surface area (Å²) < 4.78 is 0.995. The van der Waals surface area contributed by atoms with Gasteiger partial charge in [0.25, 0.3) is 5.91 Å². The molecule has 1 aromatic carbocycles. The number of hydrazine groups is 1. The van der Waals surface area contributed by atoms with E-state index >= 15 is 0 Å². The highest BCUT2D eigenvalue weighted by atomic mass is 32.1. The molecule has 1 amide bonds. The van der Waals surface area contributed by atoms with E-state index in [0.29, 0.717) is 22.8 Å². The van der Waals surface area contributed by atoms with Crippen LogP contribution in [0.4, 0.5) is 17.1 Å². The first-order valence-corrected chi connectivity index (χ1v) is 10.00. The Morgan fingerprint density at radius 1 is 1.35 bits per heavy atom. The molecule has 0 bridgehead atoms. The summed E-state index contributed by atoms with van der Waals surface area (Å²) in [5.41, 5.74) is 4.75. The molecule has 0 fully saturated rings. The maximum atomic E-state index is 13.1. The molecule has 6 nitrogen and oxygen atoms in total. The van der Waals surface area contributed by atoms with E-state index in [0.717, 1.165) is 47.9 Å².